The maximum absolute atomic E-state index is 16.9. The van der Waals surface area contributed by atoms with Gasteiger partial charge >= 0.3 is 0 Å². The lowest BCUT2D eigenvalue weighted by molar-refractivity contribution is -0.266. The lowest BCUT2D eigenvalue weighted by atomic mass is 9.71. The van der Waals surface area contributed by atoms with Gasteiger partial charge in [-0.1, -0.05) is 53.6 Å². The number of nitrogens with zero attached hydrogens (tertiary/aromatic N) is 1. The van der Waals surface area contributed by atoms with Crippen molar-refractivity contribution >= 4 is 44.7 Å². The number of likely N-dealkylation sites (tertiary alicyclic amines) is 1. The number of rotatable bonds is 7. The molecule has 39 heavy (non-hydrogen) atoms. The number of carbonyl (C=O) groups excluding carboxylic acids is 2. The Morgan fingerprint density at radius 3 is 2.49 bits per heavy atom. The van der Waals surface area contributed by atoms with Gasteiger partial charge in [-0.25, -0.2) is 12.8 Å². The minimum absolute atomic E-state index is 0.0259. The van der Waals surface area contributed by atoms with Gasteiger partial charge in [-0.05, 0) is 49.2 Å². The molecule has 4 atom stereocenters. The quantitative estimate of drug-likeness (QED) is 0.441. The van der Waals surface area contributed by atoms with Gasteiger partial charge in [-0.3, -0.25) is 9.59 Å². The molecule has 1 aliphatic carbocycles. The van der Waals surface area contributed by atoms with E-state index in [2.05, 4.69) is 0 Å². The molecule has 7 nitrogen and oxygen atoms in total. The number of hydrogen-bond acceptors (Lipinski definition) is 6. The van der Waals surface area contributed by atoms with Gasteiger partial charge in [0, 0.05) is 40.5 Å². The SMILES string of the molecule is CC(=O)C1(F)C=CC=C2C(=O)N(Cc3ccc(Cl)cc3S(C)(=O)=O)[C@](OC3CCCO3)(c3ccc(Cl)cc3)C21. The summed E-state index contributed by atoms with van der Waals surface area (Å²) in [6, 6.07) is 10.7. The van der Waals surface area contributed by atoms with E-state index in [9.17, 15) is 18.0 Å². The fourth-order valence-electron chi connectivity index (χ4n) is 5.60. The van der Waals surface area contributed by atoms with Crippen LogP contribution in [0.2, 0.25) is 10.0 Å². The molecule has 2 heterocycles. The molecule has 0 bridgehead atoms. The van der Waals surface area contributed by atoms with Crippen LogP contribution < -0.4 is 0 Å². The number of carbonyl (C=O) groups is 2. The third-order valence-corrected chi connectivity index (χ3v) is 9.05. The molecule has 5 rings (SSSR count). The summed E-state index contributed by atoms with van der Waals surface area (Å²) in [5.74, 6) is -2.82. The molecule has 2 saturated heterocycles. The van der Waals surface area contributed by atoms with E-state index in [1.165, 1.54) is 35.3 Å². The fourth-order valence-corrected chi connectivity index (χ4v) is 6.91. The average Bonchev–Trinajstić information content (AvgIpc) is 3.47. The largest absolute Gasteiger partial charge is 0.353 e. The van der Waals surface area contributed by atoms with Crippen molar-refractivity contribution in [2.45, 2.75) is 48.9 Å². The predicted molar refractivity (Wildman–Crippen MR) is 144 cm³/mol. The van der Waals surface area contributed by atoms with Gasteiger partial charge in [-0.15, -0.1) is 0 Å². The number of allylic oxidation sites excluding steroid dienone is 3. The molecule has 2 fully saturated rings. The third kappa shape index (κ3) is 4.74. The molecule has 2 aromatic rings. The molecule has 11 heteroatoms. The van der Waals surface area contributed by atoms with Crippen molar-refractivity contribution in [3.05, 3.63) is 87.4 Å². The second-order valence-electron chi connectivity index (χ2n) is 9.92. The van der Waals surface area contributed by atoms with Crippen LogP contribution in [0.1, 0.15) is 30.9 Å². The highest BCUT2D eigenvalue weighted by atomic mass is 35.5. The third-order valence-electron chi connectivity index (χ3n) is 7.38. The summed E-state index contributed by atoms with van der Waals surface area (Å²) >= 11 is 12.3. The van der Waals surface area contributed by atoms with E-state index in [-0.39, 0.29) is 27.6 Å². The summed E-state index contributed by atoms with van der Waals surface area (Å²) < 4.78 is 54.7. The maximum atomic E-state index is 16.9. The molecule has 0 spiro atoms. The van der Waals surface area contributed by atoms with E-state index in [1.807, 2.05) is 0 Å². The molecule has 2 aliphatic heterocycles. The van der Waals surface area contributed by atoms with Gasteiger partial charge in [0.05, 0.1) is 17.4 Å². The summed E-state index contributed by atoms with van der Waals surface area (Å²) in [7, 11) is -3.77. The topological polar surface area (TPSA) is 90.0 Å². The number of hydrogen-bond donors (Lipinski definition) is 0. The Kier molecular flexibility index (Phi) is 7.26. The number of alkyl halides is 1. The summed E-state index contributed by atoms with van der Waals surface area (Å²) in [6.07, 6.45) is 5.34. The van der Waals surface area contributed by atoms with Crippen molar-refractivity contribution in [1.29, 1.82) is 0 Å². The molecule has 0 aromatic heterocycles. The Bertz CT molecular complexity index is 1500. The molecule has 1 amide bonds. The highest BCUT2D eigenvalue weighted by molar-refractivity contribution is 7.90. The molecular weight excluding hydrogens is 568 g/mol. The van der Waals surface area contributed by atoms with Gasteiger partial charge in [0.25, 0.3) is 5.91 Å². The number of sulfone groups is 1. The molecule has 0 saturated carbocycles. The van der Waals surface area contributed by atoms with Crippen LogP contribution in [0.15, 0.2) is 71.2 Å². The lowest BCUT2D eigenvalue weighted by Crippen LogP contribution is -2.57. The van der Waals surface area contributed by atoms with Crippen molar-refractivity contribution in [3.63, 3.8) is 0 Å². The molecule has 3 aliphatic rings. The van der Waals surface area contributed by atoms with Crippen LogP contribution in [0.3, 0.4) is 0 Å². The minimum atomic E-state index is -3.77. The highest BCUT2D eigenvalue weighted by Crippen LogP contribution is 2.57. The Balaban J connectivity index is 1.79. The first-order valence-corrected chi connectivity index (χ1v) is 15.0. The van der Waals surface area contributed by atoms with E-state index >= 15 is 4.39 Å². The zero-order valence-electron chi connectivity index (χ0n) is 21.2. The number of amides is 1. The first-order chi connectivity index (χ1) is 18.4. The second kappa shape index (κ2) is 10.1. The van der Waals surface area contributed by atoms with Crippen LogP contribution in [-0.2, 0) is 41.2 Å². The van der Waals surface area contributed by atoms with Crippen LogP contribution in [0.4, 0.5) is 4.39 Å². The van der Waals surface area contributed by atoms with E-state index < -0.39 is 45.1 Å². The normalized spacial score (nSPS) is 28.5. The Morgan fingerprint density at radius 1 is 1.18 bits per heavy atom. The van der Waals surface area contributed by atoms with Crippen molar-refractivity contribution in [3.8, 4) is 0 Å². The van der Waals surface area contributed by atoms with Gasteiger partial charge in [0.15, 0.2) is 33.3 Å². The van der Waals surface area contributed by atoms with Crippen molar-refractivity contribution in [1.82, 2.24) is 4.90 Å². The van der Waals surface area contributed by atoms with Gasteiger partial charge in [0.2, 0.25) is 0 Å². The highest BCUT2D eigenvalue weighted by Gasteiger charge is 2.68. The van der Waals surface area contributed by atoms with Crippen LogP contribution in [-0.4, -0.2) is 49.8 Å². The Labute approximate surface area is 236 Å². The molecule has 0 N–H and O–H groups in total. The maximum Gasteiger partial charge on any atom is 0.253 e. The molecular formula is C28H26Cl2FNO6S. The number of ketones is 1. The first-order valence-electron chi connectivity index (χ1n) is 12.3. The van der Waals surface area contributed by atoms with E-state index in [1.54, 1.807) is 24.3 Å². The number of fused-ring (bicyclic) bond motifs is 1. The van der Waals surface area contributed by atoms with E-state index in [0.29, 0.717) is 30.0 Å². The standard InChI is InChI=1S/C28H26Cl2FNO6S/c1-17(33)27(31)13-3-5-22-25(27)28(38-24-6-4-14-37-24,19-8-11-20(29)12-9-19)32(26(22)34)16-18-7-10-21(30)15-23(18)39(2,35)36/h3,5,7-13,15,24-25H,4,6,14,16H2,1-2H3/t24?,25?,27?,28-/m0/s1. The predicted octanol–water partition coefficient (Wildman–Crippen LogP) is 5.15. The van der Waals surface area contributed by atoms with Crippen molar-refractivity contribution in [2.75, 3.05) is 12.9 Å². The number of ether oxygens (including phenoxy) is 2. The average molecular weight is 594 g/mol. The number of Topliss-reactive ketones (excluding diaryl/α,β-unsaturated/α-hetero) is 1. The summed E-state index contributed by atoms with van der Waals surface area (Å²) in [5, 5.41) is 0.600. The molecule has 206 valence electrons. The van der Waals surface area contributed by atoms with E-state index in [0.717, 1.165) is 19.3 Å². The fraction of sp³-hybridized carbons (Fsp3) is 0.357. The Morgan fingerprint density at radius 2 is 1.87 bits per heavy atom. The van der Waals surface area contributed by atoms with Gasteiger partial charge < -0.3 is 14.4 Å². The van der Waals surface area contributed by atoms with Crippen LogP contribution in [0, 0.1) is 5.92 Å². The zero-order valence-corrected chi connectivity index (χ0v) is 23.5. The monoisotopic (exact) mass is 593 g/mol. The lowest BCUT2D eigenvalue weighted by Gasteiger charge is -2.46. The summed E-state index contributed by atoms with van der Waals surface area (Å²) in [6.45, 7) is 1.25. The van der Waals surface area contributed by atoms with Crippen LogP contribution in [0.25, 0.3) is 0 Å². The van der Waals surface area contributed by atoms with Gasteiger partial charge in [-0.2, -0.15) is 0 Å². The first kappa shape index (κ1) is 28.0. The minimum Gasteiger partial charge on any atom is -0.353 e. The zero-order chi connectivity index (χ0) is 28.2. The number of halogens is 3. The van der Waals surface area contributed by atoms with E-state index in [4.69, 9.17) is 32.7 Å². The smallest absolute Gasteiger partial charge is 0.253 e. The van der Waals surface area contributed by atoms with Crippen LogP contribution in [0.5, 0.6) is 0 Å². The number of benzene rings is 2. The molecule has 0 radical (unpaired) electrons. The van der Waals surface area contributed by atoms with Crippen molar-refractivity contribution in [2.24, 2.45) is 5.92 Å². The summed E-state index contributed by atoms with van der Waals surface area (Å²) in [4.78, 5) is 28.2. The molecule has 2 aromatic carbocycles. The Hall–Kier alpha value is -2.56. The van der Waals surface area contributed by atoms with Gasteiger partial charge in [0.1, 0.15) is 0 Å². The second-order valence-corrected chi connectivity index (χ2v) is 12.8. The van der Waals surface area contributed by atoms with Crippen molar-refractivity contribution < 1.29 is 31.9 Å². The molecule has 3 unspecified atom stereocenters. The van der Waals surface area contributed by atoms with Crippen LogP contribution >= 0.6 is 23.2 Å². The summed E-state index contributed by atoms with van der Waals surface area (Å²) in [5.41, 5.74) is -3.85.